The predicted octanol–water partition coefficient (Wildman–Crippen LogP) is 3.01. The van der Waals surface area contributed by atoms with Crippen molar-refractivity contribution in [3.05, 3.63) is 23.6 Å². The summed E-state index contributed by atoms with van der Waals surface area (Å²) in [5.74, 6) is 0. The minimum atomic E-state index is 0.317. The lowest BCUT2D eigenvalue weighted by atomic mass is 10.2. The van der Waals surface area contributed by atoms with Crippen LogP contribution in [0.15, 0.2) is 17.9 Å². The van der Waals surface area contributed by atoms with E-state index in [1.165, 1.54) is 12.8 Å². The zero-order valence-electron chi connectivity index (χ0n) is 10.8. The van der Waals surface area contributed by atoms with Gasteiger partial charge in [0.05, 0.1) is 23.9 Å². The molecule has 96 valence electrons. The summed E-state index contributed by atoms with van der Waals surface area (Å²) in [6, 6.07) is 0.971. The van der Waals surface area contributed by atoms with Crippen LogP contribution in [0.4, 0.5) is 0 Å². The molecule has 0 saturated heterocycles. The first kappa shape index (κ1) is 11.9. The molecule has 1 fully saturated rings. The summed E-state index contributed by atoms with van der Waals surface area (Å²) in [4.78, 5) is 9.00. The van der Waals surface area contributed by atoms with E-state index in [2.05, 4.69) is 34.1 Å². The molecule has 0 amide bonds. The summed E-state index contributed by atoms with van der Waals surface area (Å²) in [6.07, 6.45) is 6.41. The van der Waals surface area contributed by atoms with E-state index in [0.717, 1.165) is 22.9 Å². The van der Waals surface area contributed by atoms with Crippen LogP contribution in [-0.4, -0.2) is 21.1 Å². The third kappa shape index (κ3) is 2.20. The van der Waals surface area contributed by atoms with Crippen molar-refractivity contribution >= 4 is 11.3 Å². The summed E-state index contributed by atoms with van der Waals surface area (Å²) in [5.41, 5.74) is 2.29. The Bertz CT molecular complexity index is 527. The van der Waals surface area contributed by atoms with Crippen LogP contribution in [0.3, 0.4) is 0 Å². The number of hydrogen-bond acceptors (Lipinski definition) is 4. The number of aromatic nitrogens is 3. The highest BCUT2D eigenvalue weighted by molar-refractivity contribution is 7.13. The second-order valence-corrected chi connectivity index (χ2v) is 5.63. The number of thiazole rings is 1. The maximum Gasteiger partial charge on any atom is 0.141 e. The van der Waals surface area contributed by atoms with Crippen LogP contribution in [0.5, 0.6) is 0 Å². The van der Waals surface area contributed by atoms with Gasteiger partial charge in [-0.15, -0.1) is 11.3 Å². The fourth-order valence-corrected chi connectivity index (χ4v) is 3.05. The highest BCUT2D eigenvalue weighted by atomic mass is 32.1. The standard InChI is InChI=1S/C13H18N4S/c1-3-15-9(2)11-7-18-13(16-11)12-6-14-8-17(12)10-4-5-10/h6-10,15H,3-5H2,1-2H3. The van der Waals surface area contributed by atoms with Crippen molar-refractivity contribution in [1.82, 2.24) is 19.9 Å². The van der Waals surface area contributed by atoms with Crippen LogP contribution in [0, 0.1) is 0 Å². The summed E-state index contributed by atoms with van der Waals surface area (Å²) in [7, 11) is 0. The van der Waals surface area contributed by atoms with Crippen LogP contribution in [0.25, 0.3) is 10.7 Å². The van der Waals surface area contributed by atoms with Crippen LogP contribution in [-0.2, 0) is 0 Å². The molecule has 2 aromatic heterocycles. The first-order valence-electron chi connectivity index (χ1n) is 6.50. The summed E-state index contributed by atoms with van der Waals surface area (Å²) >= 11 is 1.71. The predicted molar refractivity (Wildman–Crippen MR) is 73.7 cm³/mol. The van der Waals surface area contributed by atoms with Gasteiger partial charge in [-0.05, 0) is 26.3 Å². The highest BCUT2D eigenvalue weighted by Crippen LogP contribution is 2.38. The van der Waals surface area contributed by atoms with Crippen molar-refractivity contribution in [2.24, 2.45) is 0 Å². The van der Waals surface area contributed by atoms with Crippen molar-refractivity contribution in [2.45, 2.75) is 38.8 Å². The van der Waals surface area contributed by atoms with E-state index in [0.29, 0.717) is 12.1 Å². The molecule has 0 bridgehead atoms. The first-order valence-corrected chi connectivity index (χ1v) is 7.38. The molecule has 18 heavy (non-hydrogen) atoms. The van der Waals surface area contributed by atoms with Crippen LogP contribution < -0.4 is 5.32 Å². The molecule has 0 aromatic carbocycles. The second-order valence-electron chi connectivity index (χ2n) is 4.77. The van der Waals surface area contributed by atoms with Crippen molar-refractivity contribution in [3.8, 4) is 10.7 Å². The molecule has 1 aliphatic rings. The Morgan fingerprint density at radius 2 is 2.39 bits per heavy atom. The molecule has 0 aliphatic heterocycles. The number of hydrogen-bond donors (Lipinski definition) is 1. The number of rotatable bonds is 5. The number of nitrogens with zero attached hydrogens (tertiary/aromatic N) is 3. The molecule has 1 N–H and O–H groups in total. The molecule has 1 atom stereocenters. The first-order chi connectivity index (χ1) is 8.79. The van der Waals surface area contributed by atoms with Gasteiger partial charge in [0.1, 0.15) is 5.01 Å². The van der Waals surface area contributed by atoms with Crippen molar-refractivity contribution in [3.63, 3.8) is 0 Å². The molecule has 5 heteroatoms. The Labute approximate surface area is 111 Å². The van der Waals surface area contributed by atoms with Gasteiger partial charge in [0.2, 0.25) is 0 Å². The van der Waals surface area contributed by atoms with Gasteiger partial charge in [0.15, 0.2) is 0 Å². The molecule has 0 radical (unpaired) electrons. The Morgan fingerprint density at radius 3 is 3.11 bits per heavy atom. The molecule has 1 unspecified atom stereocenters. The lowest BCUT2D eigenvalue weighted by Gasteiger charge is -2.08. The normalized spacial score (nSPS) is 17.0. The van der Waals surface area contributed by atoms with E-state index in [1.807, 2.05) is 12.5 Å². The van der Waals surface area contributed by atoms with Crippen LogP contribution in [0.2, 0.25) is 0 Å². The fraction of sp³-hybridized carbons (Fsp3) is 0.538. The molecule has 0 spiro atoms. The zero-order chi connectivity index (χ0) is 12.5. The van der Waals surface area contributed by atoms with Gasteiger partial charge < -0.3 is 9.88 Å². The molecule has 2 aromatic rings. The maximum absolute atomic E-state index is 4.74. The Kier molecular flexibility index (Phi) is 3.18. The van der Waals surface area contributed by atoms with E-state index in [4.69, 9.17) is 4.98 Å². The minimum absolute atomic E-state index is 0.317. The summed E-state index contributed by atoms with van der Waals surface area (Å²) in [5, 5.41) is 6.62. The molecule has 2 heterocycles. The number of imidazole rings is 1. The van der Waals surface area contributed by atoms with E-state index in [9.17, 15) is 0 Å². The molecule has 1 saturated carbocycles. The molecular formula is C13H18N4S. The van der Waals surface area contributed by atoms with Gasteiger partial charge in [0.25, 0.3) is 0 Å². The third-order valence-electron chi connectivity index (χ3n) is 3.30. The average Bonchev–Trinajstić information content (AvgIpc) is 2.93. The molecule has 4 nitrogen and oxygen atoms in total. The van der Waals surface area contributed by atoms with Crippen molar-refractivity contribution in [2.75, 3.05) is 6.54 Å². The van der Waals surface area contributed by atoms with E-state index < -0.39 is 0 Å². The Morgan fingerprint density at radius 1 is 1.56 bits per heavy atom. The summed E-state index contributed by atoms with van der Waals surface area (Å²) < 4.78 is 2.26. The van der Waals surface area contributed by atoms with E-state index >= 15 is 0 Å². The summed E-state index contributed by atoms with van der Waals surface area (Å²) in [6.45, 7) is 5.24. The van der Waals surface area contributed by atoms with Gasteiger partial charge in [-0.1, -0.05) is 6.92 Å². The van der Waals surface area contributed by atoms with Crippen LogP contribution in [0.1, 0.15) is 44.5 Å². The monoisotopic (exact) mass is 262 g/mol. The van der Waals surface area contributed by atoms with Gasteiger partial charge in [-0.2, -0.15) is 0 Å². The molecule has 3 rings (SSSR count). The lowest BCUT2D eigenvalue weighted by molar-refractivity contribution is 0.586. The second kappa shape index (κ2) is 4.82. The van der Waals surface area contributed by atoms with Crippen molar-refractivity contribution < 1.29 is 0 Å². The van der Waals surface area contributed by atoms with Gasteiger partial charge in [-0.3, -0.25) is 0 Å². The van der Waals surface area contributed by atoms with Crippen molar-refractivity contribution in [1.29, 1.82) is 0 Å². The Hall–Kier alpha value is -1.20. The maximum atomic E-state index is 4.74. The largest absolute Gasteiger partial charge is 0.326 e. The lowest BCUT2D eigenvalue weighted by Crippen LogP contribution is -2.17. The minimum Gasteiger partial charge on any atom is -0.326 e. The van der Waals surface area contributed by atoms with Gasteiger partial charge in [0, 0.05) is 17.5 Å². The average molecular weight is 262 g/mol. The fourth-order valence-electron chi connectivity index (χ4n) is 2.13. The van der Waals surface area contributed by atoms with Gasteiger partial charge >= 0.3 is 0 Å². The highest BCUT2D eigenvalue weighted by Gasteiger charge is 2.26. The quantitative estimate of drug-likeness (QED) is 0.900. The van der Waals surface area contributed by atoms with E-state index in [1.54, 1.807) is 11.3 Å². The molecular weight excluding hydrogens is 244 g/mol. The van der Waals surface area contributed by atoms with Crippen LogP contribution >= 0.6 is 11.3 Å². The van der Waals surface area contributed by atoms with E-state index in [-0.39, 0.29) is 0 Å². The smallest absolute Gasteiger partial charge is 0.141 e. The Balaban J connectivity index is 1.85. The zero-order valence-corrected chi connectivity index (χ0v) is 11.6. The molecule has 1 aliphatic carbocycles. The van der Waals surface area contributed by atoms with Gasteiger partial charge in [-0.25, -0.2) is 9.97 Å². The SMILES string of the molecule is CCNC(C)c1csc(-c2cncn2C2CC2)n1. The third-order valence-corrected chi connectivity index (χ3v) is 4.18. The number of nitrogens with one attached hydrogen (secondary N) is 1. The topological polar surface area (TPSA) is 42.7 Å².